The number of para-hydroxylation sites is 1. The number of fused-ring (bicyclic) bond motifs is 3. The summed E-state index contributed by atoms with van der Waals surface area (Å²) >= 11 is 0. The second-order valence-corrected chi connectivity index (χ2v) is 36.2. The molecule has 1 spiro atoms. The number of carboxylic acids is 5. The number of H-pyrrole nitrogens is 2. The molecule has 4 aliphatic heterocycles. The summed E-state index contributed by atoms with van der Waals surface area (Å²) in [5.41, 5.74) is 13.7. The highest BCUT2D eigenvalue weighted by Crippen LogP contribution is 2.68. The number of aliphatic hydroxyl groups is 3. The number of carbonyl (C=O) groups excluding carboxylic acids is 9. The number of esters is 1. The van der Waals surface area contributed by atoms with E-state index in [4.69, 9.17) is 31.1 Å². The van der Waals surface area contributed by atoms with Gasteiger partial charge in [-0.1, -0.05) is 53.6 Å². The molecule has 1 saturated carbocycles. The van der Waals surface area contributed by atoms with E-state index in [1.54, 1.807) is 18.0 Å². The molecule has 7 heterocycles. The number of amides is 8. The van der Waals surface area contributed by atoms with Gasteiger partial charge in [-0.3, -0.25) is 78.3 Å². The van der Waals surface area contributed by atoms with Crippen molar-refractivity contribution in [2.45, 2.75) is 194 Å². The zero-order valence-electron chi connectivity index (χ0n) is 73.9. The van der Waals surface area contributed by atoms with E-state index in [0.29, 0.717) is 111 Å². The first-order valence-corrected chi connectivity index (χ1v) is 45.8. The minimum atomic E-state index is -2.69. The number of nitrogens with one attached hydrogen (secondary N) is 13. The molecule has 1 aliphatic carbocycles. The molecule has 3 aromatic carbocycles. The van der Waals surface area contributed by atoms with Crippen LogP contribution in [0.1, 0.15) is 148 Å². The Morgan fingerprint density at radius 3 is 1.99 bits per heavy atom. The average molecular weight is 1910 g/mol. The number of aliphatic carboxylic acids is 5. The highest BCUT2D eigenvalue weighted by Gasteiger charge is 2.79. The summed E-state index contributed by atoms with van der Waals surface area (Å²) in [7, 11) is 6.21. The number of nitrogens with two attached hydrogens (primary N) is 2. The van der Waals surface area contributed by atoms with E-state index in [0.717, 1.165) is 51.0 Å². The van der Waals surface area contributed by atoms with Gasteiger partial charge in [0.25, 0.3) is 17.4 Å². The van der Waals surface area contributed by atoms with Gasteiger partial charge in [-0.2, -0.15) is 4.98 Å². The number of ether oxygens (including phenoxy) is 3. The molecule has 6 aromatic rings. The number of aromatic nitrogens is 5. The van der Waals surface area contributed by atoms with Crippen LogP contribution in [0.25, 0.3) is 22.1 Å². The lowest BCUT2D eigenvalue weighted by Gasteiger charge is -2.64. The van der Waals surface area contributed by atoms with Gasteiger partial charge in [-0.15, -0.1) is 0 Å². The van der Waals surface area contributed by atoms with E-state index in [-0.39, 0.29) is 47.9 Å². The van der Waals surface area contributed by atoms with Gasteiger partial charge in [-0.05, 0) is 138 Å². The molecule has 134 heavy (non-hydrogen) atoms. The van der Waals surface area contributed by atoms with Crippen molar-refractivity contribution in [3.63, 3.8) is 0 Å². The summed E-state index contributed by atoms with van der Waals surface area (Å²) in [5.74, 6) is -20.1. The Balaban J connectivity index is 0.687. The molecule has 4 fully saturated rings. The number of carboxylic acid groups (broad SMARTS) is 5. The summed E-state index contributed by atoms with van der Waals surface area (Å²) in [5, 5.41) is 115. The van der Waals surface area contributed by atoms with Crippen molar-refractivity contribution in [3.8, 4) is 5.75 Å². The van der Waals surface area contributed by atoms with Crippen LogP contribution in [-0.2, 0) is 85.4 Å². The van der Waals surface area contributed by atoms with Gasteiger partial charge in [-0.25, -0.2) is 29.8 Å². The monoisotopic (exact) mass is 1910 g/mol. The fourth-order valence-corrected chi connectivity index (χ4v) is 21.0. The maximum absolute atomic E-state index is 15.2. The third kappa shape index (κ3) is 23.0. The molecule has 3 saturated heterocycles. The molecule has 0 radical (unpaired) electrons. The first-order valence-electron chi connectivity index (χ1n) is 43.3. The Bertz CT molecular complexity index is 5520. The van der Waals surface area contributed by atoms with E-state index in [1.165, 1.54) is 44.7 Å². The largest absolute Gasteiger partial charge is 0.496 e. The predicted octanol–water partition coefficient (Wildman–Crippen LogP) is -1.09. The number of nitrogen functional groups attached to an aromatic ring is 1. The second-order valence-electron chi connectivity index (χ2n) is 33.6. The summed E-state index contributed by atoms with van der Waals surface area (Å²) in [4.78, 5) is 225. The molecule has 3 aromatic heterocycles. The lowest BCUT2D eigenvalue weighted by Crippen LogP contribution is -2.82. The number of benzene rings is 3. The Kier molecular flexibility index (Phi) is 33.3. The van der Waals surface area contributed by atoms with Crippen LogP contribution < -0.4 is 80.0 Å². The Labute approximate surface area is 772 Å². The number of aromatic amines is 2. The van der Waals surface area contributed by atoms with Crippen molar-refractivity contribution in [1.82, 2.24) is 82.8 Å². The van der Waals surface area contributed by atoms with E-state index in [1.807, 2.05) is 49.5 Å². The summed E-state index contributed by atoms with van der Waals surface area (Å²) in [6, 6.07) is 3.42. The molecule has 2 unspecified atom stereocenters. The molecule has 8 amide bonds. The lowest BCUT2D eigenvalue weighted by atomic mass is 9.46. The number of methoxy groups -OCH3 is 2. The number of guanidine groups is 1. The van der Waals surface area contributed by atoms with Crippen LogP contribution in [0, 0.1) is 10.8 Å². The van der Waals surface area contributed by atoms with Crippen LogP contribution in [0.4, 0.5) is 22.1 Å². The number of likely N-dealkylation sites (tertiary alicyclic amines) is 1. The molecule has 5 aliphatic rings. The molecule has 11 rings (SSSR count). The Morgan fingerprint density at radius 1 is 0.716 bits per heavy atom. The van der Waals surface area contributed by atoms with Gasteiger partial charge in [0.05, 0.1) is 63.6 Å². The van der Waals surface area contributed by atoms with Gasteiger partial charge in [0.1, 0.15) is 60.6 Å². The molecule has 724 valence electrons. The van der Waals surface area contributed by atoms with Crippen LogP contribution in [0.3, 0.4) is 0 Å². The van der Waals surface area contributed by atoms with Crippen molar-refractivity contribution >= 4 is 150 Å². The minimum Gasteiger partial charge on any atom is -0.496 e. The number of piperidine rings is 2. The van der Waals surface area contributed by atoms with Crippen LogP contribution in [-0.4, -0.2) is 309 Å². The first-order chi connectivity index (χ1) is 63.7. The van der Waals surface area contributed by atoms with Crippen LogP contribution in [0.2, 0.25) is 0 Å². The maximum atomic E-state index is 15.2. The Hall–Kier alpha value is -13.2. The second kappa shape index (κ2) is 44.1. The van der Waals surface area contributed by atoms with Crippen molar-refractivity contribution in [2.75, 3.05) is 94.6 Å². The Morgan fingerprint density at radius 2 is 1.36 bits per heavy atom. The number of β-amino-alcohol motifs (C(OH)–C–C–N with tert-alkyl or cyclic N) is 1. The number of likely N-dealkylation sites (N-methyl/N-ethyl adjacent to an activating group) is 1. The smallest absolute Gasteiger partial charge is 0.426 e. The first kappa shape index (κ1) is 101. The highest BCUT2D eigenvalue weighted by atomic mass is 33.1. The summed E-state index contributed by atoms with van der Waals surface area (Å²) in [6.07, 6.45) is -3.05. The predicted molar refractivity (Wildman–Crippen MR) is 482 cm³/mol. The number of hydrogen-bond donors (Lipinski definition) is 23. The van der Waals surface area contributed by atoms with Crippen LogP contribution in [0.5, 0.6) is 5.75 Å². The van der Waals surface area contributed by atoms with Gasteiger partial charge in [0.2, 0.25) is 35.5 Å². The van der Waals surface area contributed by atoms with Crippen LogP contribution >= 0.6 is 21.6 Å². The molecular weight excluding hydrogens is 1800 g/mol. The van der Waals surface area contributed by atoms with E-state index >= 15 is 4.79 Å². The summed E-state index contributed by atoms with van der Waals surface area (Å²) < 4.78 is 17.2. The zero-order valence-corrected chi connectivity index (χ0v) is 75.5. The molecule has 25 N–H and O–H groups in total. The fraction of sp³-hybridized carbons (Fsp3) is 0.518. The number of hydrazine groups is 1. The number of carbonyl (C=O) groups is 14. The number of aliphatic hydroxyl groups excluding tert-OH is 1. The average Bonchev–Trinajstić information content (AvgIpc) is 1.47. The van der Waals surface area contributed by atoms with Gasteiger partial charge >= 0.3 is 41.9 Å². The quantitative estimate of drug-likeness (QED) is 0.00539. The van der Waals surface area contributed by atoms with E-state index < -0.39 is 228 Å². The van der Waals surface area contributed by atoms with Crippen molar-refractivity contribution in [2.24, 2.45) is 11.1 Å². The van der Waals surface area contributed by atoms with Gasteiger partial charge < -0.3 is 124 Å². The van der Waals surface area contributed by atoms with Crippen molar-refractivity contribution in [3.05, 3.63) is 111 Å². The zero-order chi connectivity index (χ0) is 97.4. The molecule has 47 nitrogen and oxygen atoms in total. The maximum Gasteiger partial charge on any atom is 0.426 e. The molecule has 14 atom stereocenters. The van der Waals surface area contributed by atoms with Crippen molar-refractivity contribution in [1.29, 1.82) is 5.41 Å². The van der Waals surface area contributed by atoms with E-state index in [2.05, 4.69) is 82.8 Å². The van der Waals surface area contributed by atoms with Gasteiger partial charge in [0.15, 0.2) is 22.7 Å². The molecular formula is C85H111N21O26S2. The minimum absolute atomic E-state index is 0.0227. The summed E-state index contributed by atoms with van der Waals surface area (Å²) in [6.45, 7) is 6.37. The van der Waals surface area contributed by atoms with Crippen molar-refractivity contribution < 1.29 is 122 Å². The normalized spacial score (nSPS) is 21.6. The number of hydrogen-bond acceptors (Lipinski definition) is 32. The topological polar surface area (TPSA) is 722 Å². The third-order valence-electron chi connectivity index (χ3n) is 25.3. The van der Waals surface area contributed by atoms with Gasteiger partial charge in [0, 0.05) is 107 Å². The van der Waals surface area contributed by atoms with Crippen LogP contribution in [0.15, 0.2) is 71.7 Å². The fourth-order valence-electron chi connectivity index (χ4n) is 19.1. The highest BCUT2D eigenvalue weighted by molar-refractivity contribution is 8.76. The SMILES string of the molecule is CC[C@]1(O)CCCN(CCc2c([C@@H](C(=O)OC)c3cc4c(cc3OC)N(C)[C@H]3C(O)(C(=O)NNC(=O)OCCSSC[C@H](NC(=O)[C@H](CC(=O)O)NC(=O)[C@H](CC(=O)O)NC(=O)[C@H](CCCNC(=N)N)NC(=O)[C@@H](CC(=O)O)NC(=O)CC[C@H](NC(=O)c5ccc(NCc6cnc7nc(N)[nH]c(=O)c7n6)cc5)C(=O)O)C(=O)O)[C@H](O)[C@]5(CC)CCCN6CC[C@]43C65)[nH]c3ccccc23)C1. The number of nitrogens with zero attached hydrogens (tertiary/aromatic N) is 6. The molecule has 0 bridgehead atoms. The number of rotatable bonds is 45. The third-order valence-corrected chi connectivity index (χ3v) is 27.7. The number of anilines is 3. The lowest BCUT2D eigenvalue weighted by molar-refractivity contribution is -0.222. The van der Waals surface area contributed by atoms with E-state index in [9.17, 15) is 108 Å². The standard InChI is InChI=1S/C85H111N21O26S2/c1-6-82(128)23-11-27-105(41-82)29-22-46-45-13-8-9-14-49(45)94-63(46)62(74(124)131-5)47-33-48-56(37-57(47)130-4)104(3)76-84(48)25-30-106-28-12-24-83(7-2,75(84)106)77(125)85(76,129)78(126)102-103-81(127)132-31-32-133-134-40-55(73(122)123)99-70(118)54(36-61(112)113)98-69(117)53(35-60(110)111)97-67(115)50(15-10-26-89-79(86)87)95-68(116)52(34-59(108)109)93-58(107)21-20-51(72(120)121)96-66(114)42-16-18-43(19-17-42)90-38-44-39-91-65-64(92-44)71(119)101-80(88)100-65/h8-9,13-14,16-19,33,37,39,50-55,62,75-77,90,94,125,128-129H,6-7,10-12,15,20-32,34-36,38,40-41H2,1-5H3,(H,93,107)(H,95,116)(H,96,114)(H,97,115)(H,98,117)(H,99,118)(H,102,126)(H,103,127)(H,108,109)(H,110,111)(H,112,113)(H,120,121)(H,122,123)(H4,86,87,89)(H3,88,91,100,101,119)/t50-,51-,52+,53-,54-,55-,62-,75?,76+,77+,82-,83+,84+,85?/m0/s1. The molecule has 49 heteroatoms.